The van der Waals surface area contributed by atoms with Gasteiger partial charge in [0, 0.05) is 9.13 Å². The summed E-state index contributed by atoms with van der Waals surface area (Å²) in [4.78, 5) is 12.3. The van der Waals surface area contributed by atoms with Crippen LogP contribution in [0.25, 0.3) is 0 Å². The fourth-order valence-electron chi connectivity index (χ4n) is 2.41. The first-order valence-corrected chi connectivity index (χ1v) is 8.69. The van der Waals surface area contributed by atoms with E-state index >= 15 is 0 Å². The van der Waals surface area contributed by atoms with Crippen LogP contribution in [-0.4, -0.2) is 5.91 Å². The Hall–Kier alpha value is -1.36. The molecule has 1 amide bonds. The summed E-state index contributed by atoms with van der Waals surface area (Å²) in [7, 11) is 0. The van der Waals surface area contributed by atoms with E-state index in [1.54, 1.807) is 0 Å². The molecule has 0 unspecified atom stereocenters. The molecule has 0 fully saturated rings. The zero-order valence-corrected chi connectivity index (χ0v) is 15.4. The molecule has 2 aromatic rings. The van der Waals surface area contributed by atoms with Gasteiger partial charge in [0.2, 0.25) is 0 Å². The molecule has 0 aliphatic heterocycles. The van der Waals surface area contributed by atoms with Gasteiger partial charge in [0.05, 0.1) is 6.04 Å². The summed E-state index contributed by atoms with van der Waals surface area (Å²) in [5.74, 6) is 0.626. The van der Waals surface area contributed by atoms with Gasteiger partial charge in [-0.3, -0.25) is 4.79 Å². The molecule has 2 aromatic carbocycles. The minimum absolute atomic E-state index is 0.00142. The van der Waals surface area contributed by atoms with E-state index in [1.807, 2.05) is 31.2 Å². The summed E-state index contributed by atoms with van der Waals surface area (Å²) in [5.41, 5.74) is 3.18. The van der Waals surface area contributed by atoms with E-state index in [4.69, 9.17) is 0 Å². The molecule has 0 aliphatic rings. The van der Waals surface area contributed by atoms with E-state index < -0.39 is 0 Å². The quantitative estimate of drug-likeness (QED) is 0.696. The number of carbonyl (C=O) groups excluding carboxylic acids is 1. The third-order valence-electron chi connectivity index (χ3n) is 3.56. The molecule has 0 spiro atoms. The maximum atomic E-state index is 12.3. The number of carbonyl (C=O) groups is 1. The largest absolute Gasteiger partial charge is 0.346 e. The Bertz CT molecular complexity index is 634. The summed E-state index contributed by atoms with van der Waals surface area (Å²) >= 11 is 2.22. The van der Waals surface area contributed by atoms with Crippen LogP contribution in [0.4, 0.5) is 0 Å². The van der Waals surface area contributed by atoms with Crippen molar-refractivity contribution in [3.05, 3.63) is 68.8 Å². The van der Waals surface area contributed by atoms with Crippen molar-refractivity contribution in [2.45, 2.75) is 33.2 Å². The van der Waals surface area contributed by atoms with Crippen LogP contribution in [-0.2, 0) is 6.42 Å². The lowest BCUT2D eigenvalue weighted by molar-refractivity contribution is 0.0940. The highest BCUT2D eigenvalue weighted by molar-refractivity contribution is 14.1. The molecule has 1 atom stereocenters. The topological polar surface area (TPSA) is 29.1 Å². The van der Waals surface area contributed by atoms with Crippen LogP contribution in [0.5, 0.6) is 0 Å². The van der Waals surface area contributed by atoms with Crippen molar-refractivity contribution >= 4 is 28.5 Å². The molecule has 2 nitrogen and oxygen atoms in total. The molecule has 0 aromatic heterocycles. The van der Waals surface area contributed by atoms with Crippen molar-refractivity contribution in [2.24, 2.45) is 5.92 Å². The smallest absolute Gasteiger partial charge is 0.251 e. The number of benzene rings is 2. The Morgan fingerprint density at radius 1 is 1.09 bits per heavy atom. The first kappa shape index (κ1) is 17.0. The third kappa shape index (κ3) is 4.83. The van der Waals surface area contributed by atoms with E-state index in [2.05, 4.69) is 66.0 Å². The van der Waals surface area contributed by atoms with Gasteiger partial charge < -0.3 is 5.32 Å². The zero-order chi connectivity index (χ0) is 16.1. The Kier molecular flexibility index (Phi) is 6.00. The van der Waals surface area contributed by atoms with Crippen LogP contribution in [0.2, 0.25) is 0 Å². The monoisotopic (exact) mass is 407 g/mol. The van der Waals surface area contributed by atoms with Crippen LogP contribution < -0.4 is 5.32 Å². The van der Waals surface area contributed by atoms with E-state index in [0.29, 0.717) is 11.5 Å². The molecule has 0 radical (unpaired) electrons. The van der Waals surface area contributed by atoms with Gasteiger partial charge in [-0.05, 0) is 71.2 Å². The van der Waals surface area contributed by atoms with Gasteiger partial charge in [-0.25, -0.2) is 0 Å². The van der Waals surface area contributed by atoms with Gasteiger partial charge in [0.25, 0.3) is 5.91 Å². The lowest BCUT2D eigenvalue weighted by Crippen LogP contribution is -2.26. The maximum Gasteiger partial charge on any atom is 0.251 e. The molecule has 0 saturated heterocycles. The third-order valence-corrected chi connectivity index (χ3v) is 4.23. The summed E-state index contributed by atoms with van der Waals surface area (Å²) < 4.78 is 1.07. The number of hydrogen-bond acceptors (Lipinski definition) is 1. The van der Waals surface area contributed by atoms with Crippen LogP contribution in [0, 0.1) is 9.49 Å². The second-order valence-corrected chi connectivity index (χ2v) is 7.29. The second-order valence-electron chi connectivity index (χ2n) is 6.05. The molecular weight excluding hydrogens is 385 g/mol. The fraction of sp³-hybridized carbons (Fsp3) is 0.316. The lowest BCUT2D eigenvalue weighted by atomic mass is 10.00. The van der Waals surface area contributed by atoms with Crippen molar-refractivity contribution < 1.29 is 4.79 Å². The Balaban J connectivity index is 2.02. The highest BCUT2D eigenvalue weighted by atomic mass is 127. The maximum absolute atomic E-state index is 12.3. The molecule has 0 bridgehead atoms. The minimum Gasteiger partial charge on any atom is -0.346 e. The molecule has 22 heavy (non-hydrogen) atoms. The molecule has 1 N–H and O–H groups in total. The molecule has 0 saturated carbocycles. The van der Waals surface area contributed by atoms with E-state index in [0.717, 1.165) is 15.6 Å². The standard InChI is InChI=1S/C19H22INO/c1-13(2)11-15-7-9-16(10-8-15)14(3)21-19(22)17-5-4-6-18(20)12-17/h4-10,12-14H,11H2,1-3H3,(H,21,22)/t14-/m1/s1. The van der Waals surface area contributed by atoms with Crippen LogP contribution in [0.3, 0.4) is 0 Å². The zero-order valence-electron chi connectivity index (χ0n) is 13.3. The average Bonchev–Trinajstić information content (AvgIpc) is 2.47. The SMILES string of the molecule is CC(C)Cc1ccc([C@@H](C)NC(=O)c2cccc(I)c2)cc1. The number of hydrogen-bond donors (Lipinski definition) is 1. The van der Waals surface area contributed by atoms with Gasteiger partial charge >= 0.3 is 0 Å². The summed E-state index contributed by atoms with van der Waals surface area (Å²) in [6, 6.07) is 16.2. The molecule has 0 aliphatic carbocycles. The minimum atomic E-state index is -0.0303. The lowest BCUT2D eigenvalue weighted by Gasteiger charge is -2.15. The Morgan fingerprint density at radius 3 is 2.36 bits per heavy atom. The summed E-state index contributed by atoms with van der Waals surface area (Å²) in [5, 5.41) is 3.06. The number of rotatable bonds is 5. The van der Waals surface area contributed by atoms with Crippen molar-refractivity contribution in [2.75, 3.05) is 0 Å². The predicted octanol–water partition coefficient (Wildman–Crippen LogP) is 4.98. The fourth-order valence-corrected chi connectivity index (χ4v) is 2.95. The van der Waals surface area contributed by atoms with Gasteiger partial charge in [-0.15, -0.1) is 0 Å². The molecule has 3 heteroatoms. The highest BCUT2D eigenvalue weighted by Crippen LogP contribution is 2.16. The highest BCUT2D eigenvalue weighted by Gasteiger charge is 2.11. The molecule has 0 heterocycles. The van der Waals surface area contributed by atoms with Gasteiger partial charge in [0.1, 0.15) is 0 Å². The van der Waals surface area contributed by atoms with Crippen molar-refractivity contribution in [1.29, 1.82) is 0 Å². The van der Waals surface area contributed by atoms with Crippen molar-refractivity contribution in [1.82, 2.24) is 5.32 Å². The van der Waals surface area contributed by atoms with Crippen LogP contribution >= 0.6 is 22.6 Å². The van der Waals surface area contributed by atoms with Crippen molar-refractivity contribution in [3.8, 4) is 0 Å². The van der Waals surface area contributed by atoms with Crippen molar-refractivity contribution in [3.63, 3.8) is 0 Å². The number of nitrogens with one attached hydrogen (secondary N) is 1. The van der Waals surface area contributed by atoms with Crippen LogP contribution in [0.15, 0.2) is 48.5 Å². The second kappa shape index (κ2) is 7.77. The van der Waals surface area contributed by atoms with Crippen LogP contribution in [0.1, 0.15) is 48.3 Å². The van der Waals surface area contributed by atoms with Gasteiger partial charge in [-0.1, -0.05) is 44.2 Å². The number of amides is 1. The molecular formula is C19H22INO. The molecule has 116 valence electrons. The Morgan fingerprint density at radius 2 is 1.77 bits per heavy atom. The first-order chi connectivity index (χ1) is 10.5. The molecule has 2 rings (SSSR count). The summed E-state index contributed by atoms with van der Waals surface area (Å²) in [6.07, 6.45) is 1.09. The van der Waals surface area contributed by atoms with Gasteiger partial charge in [0.15, 0.2) is 0 Å². The average molecular weight is 407 g/mol. The normalized spacial score (nSPS) is 12.2. The Labute approximate surface area is 146 Å². The van der Waals surface area contributed by atoms with E-state index in [9.17, 15) is 4.79 Å². The van der Waals surface area contributed by atoms with E-state index in [-0.39, 0.29) is 11.9 Å². The first-order valence-electron chi connectivity index (χ1n) is 7.61. The van der Waals surface area contributed by atoms with Gasteiger partial charge in [-0.2, -0.15) is 0 Å². The number of halogens is 1. The summed E-state index contributed by atoms with van der Waals surface area (Å²) in [6.45, 7) is 6.46. The predicted molar refractivity (Wildman–Crippen MR) is 100 cm³/mol. The van der Waals surface area contributed by atoms with E-state index in [1.165, 1.54) is 5.56 Å².